The topological polar surface area (TPSA) is 41.6 Å². The molecule has 1 fully saturated rings. The van der Waals surface area contributed by atoms with Gasteiger partial charge in [-0.25, -0.2) is 13.6 Å². The maximum atomic E-state index is 13.5. The molecule has 0 unspecified atom stereocenters. The predicted octanol–water partition coefficient (Wildman–Crippen LogP) is 3.00. The van der Waals surface area contributed by atoms with Gasteiger partial charge in [0, 0.05) is 25.2 Å². The van der Waals surface area contributed by atoms with E-state index in [9.17, 15) is 13.6 Å². The Hall–Kier alpha value is -1.85. The fourth-order valence-corrected chi connectivity index (χ4v) is 2.25. The minimum absolute atomic E-state index is 0.0700. The van der Waals surface area contributed by atoms with Crippen molar-refractivity contribution in [2.24, 2.45) is 0 Å². The van der Waals surface area contributed by atoms with Crippen LogP contribution < -0.4 is 5.32 Å². The molecule has 0 aliphatic carbocycles. The van der Waals surface area contributed by atoms with E-state index in [4.69, 9.17) is 4.74 Å². The van der Waals surface area contributed by atoms with Crippen LogP contribution in [-0.2, 0) is 4.74 Å². The Bertz CT molecular complexity index is 474. The van der Waals surface area contributed by atoms with Crippen LogP contribution in [0.3, 0.4) is 0 Å². The molecule has 1 N–H and O–H groups in total. The third-order valence-electron chi connectivity index (χ3n) is 3.31. The van der Waals surface area contributed by atoms with Crippen LogP contribution in [0, 0.1) is 11.6 Å². The molecule has 1 aliphatic rings. The van der Waals surface area contributed by atoms with Crippen LogP contribution in [0.2, 0.25) is 0 Å². The summed E-state index contributed by atoms with van der Waals surface area (Å²) < 4.78 is 31.3. The normalized spacial score (nSPS) is 16.1. The first kappa shape index (κ1) is 14.6. The summed E-state index contributed by atoms with van der Waals surface area (Å²) in [4.78, 5) is 13.2. The number of halogens is 2. The number of piperidine rings is 1. The van der Waals surface area contributed by atoms with Gasteiger partial charge in [0.2, 0.25) is 0 Å². The maximum absolute atomic E-state index is 13.5. The molecule has 110 valence electrons. The smallest absolute Gasteiger partial charge is 0.409 e. The van der Waals surface area contributed by atoms with E-state index < -0.39 is 11.6 Å². The Balaban J connectivity index is 1.86. The number of rotatable bonds is 3. The summed E-state index contributed by atoms with van der Waals surface area (Å²) in [6, 6.07) is 3.54. The minimum Gasteiger partial charge on any atom is -0.450 e. The second kappa shape index (κ2) is 6.54. The van der Waals surface area contributed by atoms with Crippen LogP contribution >= 0.6 is 0 Å². The monoisotopic (exact) mass is 284 g/mol. The van der Waals surface area contributed by atoms with E-state index in [1.54, 1.807) is 11.8 Å². The molecule has 1 aliphatic heterocycles. The SMILES string of the molecule is CCOC(=O)N1CCC(Nc2ccc(F)cc2F)CC1. The van der Waals surface area contributed by atoms with Gasteiger partial charge >= 0.3 is 6.09 Å². The number of carbonyl (C=O) groups is 1. The van der Waals surface area contributed by atoms with Crippen molar-refractivity contribution >= 4 is 11.8 Å². The van der Waals surface area contributed by atoms with Crippen molar-refractivity contribution in [1.82, 2.24) is 4.90 Å². The summed E-state index contributed by atoms with van der Waals surface area (Å²) in [6.45, 7) is 3.26. The van der Waals surface area contributed by atoms with Gasteiger partial charge in [-0.15, -0.1) is 0 Å². The highest BCUT2D eigenvalue weighted by molar-refractivity contribution is 5.67. The molecule has 1 heterocycles. The second-order valence-corrected chi connectivity index (χ2v) is 4.73. The average Bonchev–Trinajstić information content (AvgIpc) is 2.43. The fraction of sp³-hybridized carbons (Fsp3) is 0.500. The molecule has 4 nitrogen and oxygen atoms in total. The van der Waals surface area contributed by atoms with Gasteiger partial charge in [-0.3, -0.25) is 0 Å². The van der Waals surface area contributed by atoms with E-state index in [0.717, 1.165) is 6.07 Å². The molecule has 0 saturated carbocycles. The first-order valence-corrected chi connectivity index (χ1v) is 6.73. The van der Waals surface area contributed by atoms with Gasteiger partial charge in [-0.2, -0.15) is 0 Å². The number of anilines is 1. The highest BCUT2D eigenvalue weighted by Crippen LogP contribution is 2.20. The van der Waals surface area contributed by atoms with Gasteiger partial charge < -0.3 is 15.0 Å². The number of hydrogen-bond acceptors (Lipinski definition) is 3. The molecule has 0 radical (unpaired) electrons. The zero-order valence-electron chi connectivity index (χ0n) is 11.4. The van der Waals surface area contributed by atoms with Gasteiger partial charge in [0.1, 0.15) is 11.6 Å². The third-order valence-corrected chi connectivity index (χ3v) is 3.31. The summed E-state index contributed by atoms with van der Waals surface area (Å²) in [5.74, 6) is -1.19. The lowest BCUT2D eigenvalue weighted by Crippen LogP contribution is -2.42. The number of likely N-dealkylation sites (tertiary alicyclic amines) is 1. The molecule has 20 heavy (non-hydrogen) atoms. The third kappa shape index (κ3) is 3.59. The van der Waals surface area contributed by atoms with Crippen LogP contribution in [-0.4, -0.2) is 36.7 Å². The van der Waals surface area contributed by atoms with E-state index in [2.05, 4.69) is 5.32 Å². The molecular weight excluding hydrogens is 266 g/mol. The Kier molecular flexibility index (Phi) is 4.76. The number of nitrogens with one attached hydrogen (secondary N) is 1. The first-order valence-electron chi connectivity index (χ1n) is 6.73. The zero-order valence-corrected chi connectivity index (χ0v) is 11.4. The van der Waals surface area contributed by atoms with Gasteiger partial charge in [0.05, 0.1) is 12.3 Å². The van der Waals surface area contributed by atoms with Crippen molar-refractivity contribution in [2.75, 3.05) is 25.0 Å². The minimum atomic E-state index is -0.599. The van der Waals surface area contributed by atoms with Gasteiger partial charge in [-0.05, 0) is 31.9 Å². The molecular formula is C14H18F2N2O2. The summed E-state index contributed by atoms with van der Waals surface area (Å²) in [5.41, 5.74) is 0.293. The van der Waals surface area contributed by atoms with Gasteiger partial charge in [0.15, 0.2) is 0 Å². The number of carbonyl (C=O) groups excluding carboxylic acids is 1. The molecule has 0 aromatic heterocycles. The molecule has 6 heteroatoms. The predicted molar refractivity (Wildman–Crippen MR) is 71.6 cm³/mol. The Labute approximate surface area is 116 Å². The van der Waals surface area contributed by atoms with Crippen LogP contribution in [0.1, 0.15) is 19.8 Å². The van der Waals surface area contributed by atoms with E-state index in [-0.39, 0.29) is 12.1 Å². The fourth-order valence-electron chi connectivity index (χ4n) is 2.25. The van der Waals surface area contributed by atoms with Crippen LogP contribution in [0.5, 0.6) is 0 Å². The van der Waals surface area contributed by atoms with Crippen molar-refractivity contribution in [2.45, 2.75) is 25.8 Å². The Morgan fingerprint density at radius 2 is 2.10 bits per heavy atom. The number of nitrogens with zero attached hydrogens (tertiary/aromatic N) is 1. The standard InChI is InChI=1S/C14H18F2N2O2/c1-2-20-14(19)18-7-5-11(6-8-18)17-13-4-3-10(15)9-12(13)16/h3-4,9,11,17H,2,5-8H2,1H3. The van der Waals surface area contributed by atoms with Crippen molar-refractivity contribution in [1.29, 1.82) is 0 Å². The molecule has 2 rings (SSSR count). The lowest BCUT2D eigenvalue weighted by atomic mass is 10.0. The van der Waals surface area contributed by atoms with Crippen molar-refractivity contribution in [3.05, 3.63) is 29.8 Å². The highest BCUT2D eigenvalue weighted by Gasteiger charge is 2.23. The van der Waals surface area contributed by atoms with Crippen molar-refractivity contribution < 1.29 is 18.3 Å². The maximum Gasteiger partial charge on any atom is 0.409 e. The van der Waals surface area contributed by atoms with Crippen LogP contribution in [0.25, 0.3) is 0 Å². The van der Waals surface area contributed by atoms with Crippen molar-refractivity contribution in [3.8, 4) is 0 Å². The largest absolute Gasteiger partial charge is 0.450 e. The quantitative estimate of drug-likeness (QED) is 0.927. The van der Waals surface area contributed by atoms with Crippen LogP contribution in [0.4, 0.5) is 19.3 Å². The Morgan fingerprint density at radius 3 is 2.70 bits per heavy atom. The molecule has 1 aromatic rings. The second-order valence-electron chi connectivity index (χ2n) is 4.73. The van der Waals surface area contributed by atoms with Gasteiger partial charge in [0.25, 0.3) is 0 Å². The summed E-state index contributed by atoms with van der Waals surface area (Å²) in [6.07, 6.45) is 1.10. The first-order chi connectivity index (χ1) is 9.60. The molecule has 1 saturated heterocycles. The number of benzene rings is 1. The molecule has 0 spiro atoms. The van der Waals surface area contributed by atoms with E-state index in [0.29, 0.717) is 38.2 Å². The van der Waals surface area contributed by atoms with Crippen molar-refractivity contribution in [3.63, 3.8) is 0 Å². The zero-order chi connectivity index (χ0) is 14.5. The van der Waals surface area contributed by atoms with E-state index >= 15 is 0 Å². The lowest BCUT2D eigenvalue weighted by molar-refractivity contribution is 0.0983. The van der Waals surface area contributed by atoms with E-state index in [1.165, 1.54) is 12.1 Å². The number of hydrogen-bond donors (Lipinski definition) is 1. The molecule has 0 bridgehead atoms. The summed E-state index contributed by atoms with van der Waals surface area (Å²) in [7, 11) is 0. The average molecular weight is 284 g/mol. The van der Waals surface area contributed by atoms with Crippen LogP contribution in [0.15, 0.2) is 18.2 Å². The van der Waals surface area contributed by atoms with Gasteiger partial charge in [-0.1, -0.05) is 0 Å². The molecule has 0 atom stereocenters. The summed E-state index contributed by atoms with van der Waals surface area (Å²) >= 11 is 0. The highest BCUT2D eigenvalue weighted by atomic mass is 19.1. The van der Waals surface area contributed by atoms with E-state index in [1.807, 2.05) is 0 Å². The number of amides is 1. The molecule has 1 amide bonds. The summed E-state index contributed by atoms with van der Waals surface area (Å²) in [5, 5.41) is 3.05. The Morgan fingerprint density at radius 1 is 1.40 bits per heavy atom. The number of ether oxygens (including phenoxy) is 1. The molecule has 1 aromatic carbocycles. The lowest BCUT2D eigenvalue weighted by Gasteiger charge is -2.32.